The quantitative estimate of drug-likeness (QED) is 0.265. The number of benzene rings is 2. The zero-order valence-corrected chi connectivity index (χ0v) is 20.0. The average molecular weight is 500 g/mol. The number of likely N-dealkylation sites (tertiary alicyclic amines) is 1. The third kappa shape index (κ3) is 4.34. The van der Waals surface area contributed by atoms with E-state index in [-0.39, 0.29) is 40.0 Å². The van der Waals surface area contributed by atoms with E-state index in [1.807, 2.05) is 17.5 Å². The van der Waals surface area contributed by atoms with Crippen LogP contribution in [0.1, 0.15) is 29.0 Å². The van der Waals surface area contributed by atoms with Crippen molar-refractivity contribution >= 4 is 40.4 Å². The number of halogens is 1. The van der Waals surface area contributed by atoms with Gasteiger partial charge in [0.1, 0.15) is 11.5 Å². The Bertz CT molecular complexity index is 1270. The summed E-state index contributed by atoms with van der Waals surface area (Å²) < 4.78 is 10.7. The lowest BCUT2D eigenvalue weighted by atomic mass is 9.95. The van der Waals surface area contributed by atoms with Crippen molar-refractivity contribution in [3.05, 3.63) is 80.5 Å². The van der Waals surface area contributed by atoms with Gasteiger partial charge in [0.2, 0.25) is 0 Å². The van der Waals surface area contributed by atoms with Crippen LogP contribution in [0.15, 0.2) is 59.5 Å². The highest BCUT2D eigenvalue weighted by Gasteiger charge is 2.46. The van der Waals surface area contributed by atoms with Gasteiger partial charge in [-0.1, -0.05) is 23.7 Å². The molecule has 1 aromatic heterocycles. The number of carbonyl (C=O) groups is 2. The van der Waals surface area contributed by atoms with Crippen molar-refractivity contribution < 1.29 is 29.3 Å². The fourth-order valence-corrected chi connectivity index (χ4v) is 4.86. The van der Waals surface area contributed by atoms with Crippen LogP contribution in [-0.2, 0) is 16.1 Å². The SMILES string of the molecule is CCOc1cc(C2/C(=C(/O)c3ccc(OC)c(Cl)c3)C(=O)C(=O)N2Cc2cccs2)ccc1O. The van der Waals surface area contributed by atoms with Gasteiger partial charge in [0.05, 0.1) is 36.9 Å². The first-order chi connectivity index (χ1) is 16.3. The Morgan fingerprint density at radius 2 is 1.94 bits per heavy atom. The van der Waals surface area contributed by atoms with E-state index in [1.54, 1.807) is 31.2 Å². The first kappa shape index (κ1) is 23.7. The largest absolute Gasteiger partial charge is 0.507 e. The minimum atomic E-state index is -0.900. The van der Waals surface area contributed by atoms with Gasteiger partial charge >= 0.3 is 0 Å². The molecule has 1 atom stereocenters. The van der Waals surface area contributed by atoms with Crippen LogP contribution in [0, 0.1) is 0 Å². The summed E-state index contributed by atoms with van der Waals surface area (Å²) in [7, 11) is 1.47. The van der Waals surface area contributed by atoms with Crippen molar-refractivity contribution in [1.29, 1.82) is 0 Å². The summed E-state index contributed by atoms with van der Waals surface area (Å²) in [5, 5.41) is 23.5. The number of amides is 1. The lowest BCUT2D eigenvalue weighted by Gasteiger charge is -2.25. The third-order valence-electron chi connectivity index (χ3n) is 5.47. The molecule has 1 unspecified atom stereocenters. The van der Waals surface area contributed by atoms with Crippen LogP contribution in [0.25, 0.3) is 5.76 Å². The number of nitrogens with zero attached hydrogens (tertiary/aromatic N) is 1. The molecule has 1 saturated heterocycles. The van der Waals surface area contributed by atoms with E-state index in [0.29, 0.717) is 17.9 Å². The van der Waals surface area contributed by atoms with Gasteiger partial charge in [-0.05, 0) is 54.3 Å². The summed E-state index contributed by atoms with van der Waals surface area (Å²) in [5.41, 5.74) is 0.711. The first-order valence-electron chi connectivity index (χ1n) is 10.5. The van der Waals surface area contributed by atoms with E-state index < -0.39 is 17.7 Å². The van der Waals surface area contributed by atoms with Crippen LogP contribution in [0.3, 0.4) is 0 Å². The number of rotatable bonds is 7. The normalized spacial score (nSPS) is 17.3. The van der Waals surface area contributed by atoms with Crippen molar-refractivity contribution in [1.82, 2.24) is 4.90 Å². The molecule has 1 aliphatic heterocycles. The van der Waals surface area contributed by atoms with Gasteiger partial charge in [-0.3, -0.25) is 9.59 Å². The molecule has 2 aromatic carbocycles. The molecule has 2 N–H and O–H groups in total. The number of phenolic OH excluding ortho intramolecular Hbond substituents is 1. The number of hydrogen-bond donors (Lipinski definition) is 2. The van der Waals surface area contributed by atoms with Crippen LogP contribution >= 0.6 is 22.9 Å². The van der Waals surface area contributed by atoms with E-state index in [4.69, 9.17) is 21.1 Å². The summed E-state index contributed by atoms with van der Waals surface area (Å²) in [6.45, 7) is 2.27. The Labute approximate surface area is 205 Å². The second-order valence-corrected chi connectivity index (χ2v) is 8.96. The number of phenols is 1. The van der Waals surface area contributed by atoms with Gasteiger partial charge in [0.25, 0.3) is 11.7 Å². The molecule has 0 aliphatic carbocycles. The van der Waals surface area contributed by atoms with Crippen LogP contribution in [-0.4, -0.2) is 40.5 Å². The maximum atomic E-state index is 13.2. The van der Waals surface area contributed by atoms with Crippen LogP contribution in [0.4, 0.5) is 0 Å². The Morgan fingerprint density at radius 1 is 1.15 bits per heavy atom. The highest BCUT2D eigenvalue weighted by atomic mass is 35.5. The predicted octanol–water partition coefficient (Wildman–Crippen LogP) is 5.14. The first-order valence-corrected chi connectivity index (χ1v) is 11.7. The summed E-state index contributed by atoms with van der Waals surface area (Å²) in [6, 6.07) is 12.1. The third-order valence-corrected chi connectivity index (χ3v) is 6.63. The van der Waals surface area contributed by atoms with Crippen molar-refractivity contribution in [2.24, 2.45) is 0 Å². The van der Waals surface area contributed by atoms with Gasteiger partial charge in [-0.25, -0.2) is 0 Å². The Kier molecular flexibility index (Phi) is 6.81. The molecule has 4 rings (SSSR count). The lowest BCUT2D eigenvalue weighted by Crippen LogP contribution is -2.28. The number of aromatic hydroxyl groups is 1. The number of carbonyl (C=O) groups excluding carboxylic acids is 2. The fraction of sp³-hybridized carbons (Fsp3) is 0.200. The Balaban J connectivity index is 1.89. The predicted molar refractivity (Wildman–Crippen MR) is 129 cm³/mol. The van der Waals surface area contributed by atoms with E-state index in [1.165, 1.54) is 35.5 Å². The molecule has 0 saturated carbocycles. The van der Waals surface area contributed by atoms with Gasteiger partial charge < -0.3 is 24.6 Å². The van der Waals surface area contributed by atoms with E-state index >= 15 is 0 Å². The number of hydrogen-bond acceptors (Lipinski definition) is 7. The van der Waals surface area contributed by atoms with Gasteiger partial charge in [-0.15, -0.1) is 11.3 Å². The molecule has 0 radical (unpaired) electrons. The maximum absolute atomic E-state index is 13.2. The molecular weight excluding hydrogens is 478 g/mol. The topological polar surface area (TPSA) is 96.3 Å². The summed E-state index contributed by atoms with van der Waals surface area (Å²) in [5.74, 6) is -1.33. The van der Waals surface area contributed by atoms with Gasteiger partial charge in [0.15, 0.2) is 11.5 Å². The Morgan fingerprint density at radius 3 is 2.59 bits per heavy atom. The lowest BCUT2D eigenvalue weighted by molar-refractivity contribution is -0.140. The van der Waals surface area contributed by atoms with E-state index in [0.717, 1.165) is 4.88 Å². The molecule has 1 fully saturated rings. The number of aliphatic hydroxyl groups excluding tert-OH is 1. The Hall–Kier alpha value is -3.49. The summed E-state index contributed by atoms with van der Waals surface area (Å²) in [4.78, 5) is 28.6. The van der Waals surface area contributed by atoms with Crippen molar-refractivity contribution in [3.63, 3.8) is 0 Å². The minimum absolute atomic E-state index is 0.0669. The number of ether oxygens (including phenoxy) is 2. The molecule has 0 bridgehead atoms. The second kappa shape index (κ2) is 9.79. The maximum Gasteiger partial charge on any atom is 0.295 e. The summed E-state index contributed by atoms with van der Waals surface area (Å²) in [6.07, 6.45) is 0. The average Bonchev–Trinajstić information content (AvgIpc) is 3.42. The van der Waals surface area contributed by atoms with Crippen LogP contribution in [0.5, 0.6) is 17.2 Å². The zero-order valence-electron chi connectivity index (χ0n) is 18.4. The highest BCUT2D eigenvalue weighted by molar-refractivity contribution is 7.09. The molecule has 3 aromatic rings. The van der Waals surface area contributed by atoms with Crippen LogP contribution in [0.2, 0.25) is 5.02 Å². The highest BCUT2D eigenvalue weighted by Crippen LogP contribution is 2.43. The molecule has 0 spiro atoms. The van der Waals surface area contributed by atoms with E-state index in [9.17, 15) is 19.8 Å². The van der Waals surface area contributed by atoms with Crippen molar-refractivity contribution in [3.8, 4) is 17.2 Å². The second-order valence-electron chi connectivity index (χ2n) is 7.52. The molecular formula is C25H22ClNO6S. The van der Waals surface area contributed by atoms with Gasteiger partial charge in [-0.2, -0.15) is 0 Å². The zero-order chi connectivity index (χ0) is 24.4. The molecule has 176 valence electrons. The smallest absolute Gasteiger partial charge is 0.295 e. The van der Waals surface area contributed by atoms with Crippen molar-refractivity contribution in [2.75, 3.05) is 13.7 Å². The molecule has 7 nitrogen and oxygen atoms in total. The number of ketones is 1. The number of methoxy groups -OCH3 is 1. The number of aliphatic hydroxyl groups is 1. The van der Waals surface area contributed by atoms with Crippen molar-refractivity contribution in [2.45, 2.75) is 19.5 Å². The fourth-order valence-electron chi connectivity index (χ4n) is 3.90. The van der Waals surface area contributed by atoms with E-state index in [2.05, 4.69) is 0 Å². The van der Waals surface area contributed by atoms with Crippen LogP contribution < -0.4 is 9.47 Å². The van der Waals surface area contributed by atoms with Gasteiger partial charge in [0, 0.05) is 10.4 Å². The molecule has 34 heavy (non-hydrogen) atoms. The number of Topliss-reactive ketones (excluding diaryl/α,β-unsaturated/α-hetero) is 1. The standard InChI is InChI=1S/C25H22ClNO6S/c1-3-33-20-12-14(6-8-18(20)28)22-21(23(29)15-7-9-19(32-2)17(26)11-15)24(30)25(31)27(22)13-16-5-4-10-34-16/h4-12,22,28-29H,3,13H2,1-2H3/b23-21-. The molecule has 2 heterocycles. The molecule has 9 heteroatoms. The monoisotopic (exact) mass is 499 g/mol. The number of thiophene rings is 1. The minimum Gasteiger partial charge on any atom is -0.507 e. The molecule has 1 aliphatic rings. The molecule has 1 amide bonds. The summed E-state index contributed by atoms with van der Waals surface area (Å²) >= 11 is 7.69.